The molecule has 0 radical (unpaired) electrons. The van der Waals surface area contributed by atoms with Crippen molar-refractivity contribution in [3.05, 3.63) is 30.0 Å². The summed E-state index contributed by atoms with van der Waals surface area (Å²) in [5, 5.41) is 10.4. The van der Waals surface area contributed by atoms with E-state index in [1.165, 1.54) is 0 Å². The van der Waals surface area contributed by atoms with Gasteiger partial charge in [-0.15, -0.1) is 0 Å². The fourth-order valence-electron chi connectivity index (χ4n) is 6.03. The average Bonchev–Trinajstić information content (AvgIpc) is 3.41. The third kappa shape index (κ3) is 7.06. The molecule has 5 heterocycles. The lowest BCUT2D eigenvalue weighted by atomic mass is 9.97. The number of likely N-dealkylation sites (tertiary alicyclic amines) is 1. The minimum absolute atomic E-state index is 0.0393. The van der Waals surface area contributed by atoms with Crippen molar-refractivity contribution in [2.75, 3.05) is 57.5 Å². The van der Waals surface area contributed by atoms with Gasteiger partial charge in [0.15, 0.2) is 5.65 Å². The number of hydrogen-bond acceptors (Lipinski definition) is 8. The van der Waals surface area contributed by atoms with Crippen molar-refractivity contribution in [3.8, 4) is 0 Å². The fraction of sp³-hybridized carbons (Fsp3) is 0.679. The molecule has 0 aromatic carbocycles. The van der Waals surface area contributed by atoms with Crippen LogP contribution < -0.4 is 10.6 Å². The molecule has 2 N–H and O–H groups in total. The minimum atomic E-state index is -4.36. The lowest BCUT2D eigenvalue weighted by molar-refractivity contribution is -0.115. The first-order chi connectivity index (χ1) is 19.5. The predicted octanol–water partition coefficient (Wildman–Crippen LogP) is 4.17. The Hall–Kier alpha value is -3.06. The Morgan fingerprint density at radius 3 is 2.54 bits per heavy atom. The van der Waals surface area contributed by atoms with Crippen molar-refractivity contribution in [1.29, 1.82) is 0 Å². The van der Waals surface area contributed by atoms with Gasteiger partial charge in [-0.05, 0) is 45.7 Å². The van der Waals surface area contributed by atoms with Gasteiger partial charge >= 0.3 is 12.3 Å². The number of amides is 1. The average molecular weight is 579 g/mol. The van der Waals surface area contributed by atoms with Crippen LogP contribution in [0.15, 0.2) is 24.4 Å². The second-order valence-corrected chi connectivity index (χ2v) is 12.0. The number of nitrogens with one attached hydrogen (secondary N) is 2. The van der Waals surface area contributed by atoms with E-state index in [0.29, 0.717) is 11.5 Å². The summed E-state index contributed by atoms with van der Waals surface area (Å²) in [5.41, 5.74) is 1.39. The van der Waals surface area contributed by atoms with E-state index >= 15 is 0 Å². The van der Waals surface area contributed by atoms with Crippen LogP contribution in [0.1, 0.15) is 51.0 Å². The number of ether oxygens (including phenoxy) is 1. The number of likely N-dealkylation sites (N-methyl/N-ethyl adjacent to an activating group) is 1. The van der Waals surface area contributed by atoms with Crippen LogP contribution >= 0.6 is 0 Å². The summed E-state index contributed by atoms with van der Waals surface area (Å²) in [6.45, 7) is 6.08. The summed E-state index contributed by atoms with van der Waals surface area (Å²) < 4.78 is 46.3. The first kappa shape index (κ1) is 29.4. The highest BCUT2D eigenvalue weighted by atomic mass is 19.4. The predicted molar refractivity (Wildman–Crippen MR) is 151 cm³/mol. The number of aromatic nitrogens is 3. The Morgan fingerprint density at radius 2 is 1.90 bits per heavy atom. The largest absolute Gasteiger partial charge is 0.443 e. The molecular formula is C28H41F3N8O2. The summed E-state index contributed by atoms with van der Waals surface area (Å²) in [5.74, 6) is 0.839. The molecule has 2 bridgehead atoms. The van der Waals surface area contributed by atoms with Gasteiger partial charge in [0, 0.05) is 55.9 Å². The number of carbonyl (C=O) groups is 1. The third-order valence-electron chi connectivity index (χ3n) is 8.08. The molecule has 1 amide bonds. The van der Waals surface area contributed by atoms with Crippen molar-refractivity contribution in [2.45, 2.75) is 75.9 Å². The fourth-order valence-corrected chi connectivity index (χ4v) is 6.03. The SMILES string of the molecule is CC(C)c1cnn2c(NC3CC4CCC(C3)N4C(=O)OC3CN(C/C=C/CN(C)C)C3)cc(NCC(F)(F)F)nc12. The normalized spacial score (nSPS) is 23.6. The molecule has 2 unspecified atom stereocenters. The molecule has 13 heteroatoms. The van der Waals surface area contributed by atoms with Gasteiger partial charge in [-0.2, -0.15) is 22.8 Å². The lowest BCUT2D eigenvalue weighted by Crippen LogP contribution is -2.56. The zero-order chi connectivity index (χ0) is 29.3. The van der Waals surface area contributed by atoms with Gasteiger partial charge in [-0.25, -0.2) is 9.78 Å². The number of alkyl halides is 3. The van der Waals surface area contributed by atoms with Crippen LogP contribution in [-0.2, 0) is 4.74 Å². The molecule has 5 rings (SSSR count). The first-order valence-corrected chi connectivity index (χ1v) is 14.4. The van der Waals surface area contributed by atoms with Crippen LogP contribution in [-0.4, -0.2) is 113 Å². The highest BCUT2D eigenvalue weighted by Crippen LogP contribution is 2.38. The Kier molecular flexibility index (Phi) is 8.65. The molecule has 3 fully saturated rings. The molecular weight excluding hydrogens is 537 g/mol. The number of anilines is 2. The van der Waals surface area contributed by atoms with Gasteiger partial charge in [0.05, 0.1) is 6.20 Å². The maximum absolute atomic E-state index is 13.1. The van der Waals surface area contributed by atoms with Gasteiger partial charge in [0.2, 0.25) is 0 Å². The van der Waals surface area contributed by atoms with Crippen molar-refractivity contribution in [2.24, 2.45) is 0 Å². The Morgan fingerprint density at radius 1 is 1.20 bits per heavy atom. The summed E-state index contributed by atoms with van der Waals surface area (Å²) in [4.78, 5) is 23.8. The van der Waals surface area contributed by atoms with E-state index in [0.717, 1.165) is 57.4 Å². The molecule has 2 aromatic rings. The Balaban J connectivity index is 1.19. The maximum atomic E-state index is 13.1. The van der Waals surface area contributed by atoms with E-state index in [1.807, 2.05) is 32.8 Å². The number of piperidine rings is 1. The van der Waals surface area contributed by atoms with E-state index < -0.39 is 12.7 Å². The van der Waals surface area contributed by atoms with Crippen LogP contribution in [0.2, 0.25) is 0 Å². The summed E-state index contributed by atoms with van der Waals surface area (Å²) in [7, 11) is 4.07. The molecule has 2 atom stereocenters. The quantitative estimate of drug-likeness (QED) is 0.406. The van der Waals surface area contributed by atoms with Gasteiger partial charge in [0.25, 0.3) is 0 Å². The topological polar surface area (TPSA) is 90.3 Å². The zero-order valence-corrected chi connectivity index (χ0v) is 24.2. The smallest absolute Gasteiger partial charge is 0.410 e. The number of halogens is 3. The molecule has 0 saturated carbocycles. The van der Waals surface area contributed by atoms with E-state index in [4.69, 9.17) is 4.74 Å². The molecule has 2 aromatic heterocycles. The molecule has 3 aliphatic heterocycles. The second kappa shape index (κ2) is 12.0. The Bertz CT molecular complexity index is 1230. The molecule has 10 nitrogen and oxygen atoms in total. The molecule has 0 spiro atoms. The molecule has 3 saturated heterocycles. The Labute approximate surface area is 238 Å². The van der Waals surface area contributed by atoms with E-state index in [1.54, 1.807) is 16.8 Å². The zero-order valence-electron chi connectivity index (χ0n) is 24.2. The van der Waals surface area contributed by atoms with Crippen LogP contribution in [0.4, 0.5) is 29.6 Å². The van der Waals surface area contributed by atoms with E-state index in [-0.39, 0.29) is 42.1 Å². The first-order valence-electron chi connectivity index (χ1n) is 14.4. The second-order valence-electron chi connectivity index (χ2n) is 12.0. The highest BCUT2D eigenvalue weighted by Gasteiger charge is 2.45. The molecule has 3 aliphatic rings. The van der Waals surface area contributed by atoms with Gasteiger partial charge in [0.1, 0.15) is 24.3 Å². The number of hydrogen-bond donors (Lipinski definition) is 2. The van der Waals surface area contributed by atoms with Crippen molar-refractivity contribution in [3.63, 3.8) is 0 Å². The third-order valence-corrected chi connectivity index (χ3v) is 8.08. The van der Waals surface area contributed by atoms with Gasteiger partial charge in [-0.3, -0.25) is 4.90 Å². The summed E-state index contributed by atoms with van der Waals surface area (Å²) in [6.07, 6.45) is 4.61. The van der Waals surface area contributed by atoms with Crippen LogP contribution in [0.25, 0.3) is 5.65 Å². The van der Waals surface area contributed by atoms with Crippen molar-refractivity contribution < 1.29 is 22.7 Å². The van der Waals surface area contributed by atoms with Crippen LogP contribution in [0.5, 0.6) is 0 Å². The molecule has 0 aliphatic carbocycles. The van der Waals surface area contributed by atoms with Gasteiger partial charge < -0.3 is 25.2 Å². The number of rotatable bonds is 10. The van der Waals surface area contributed by atoms with Gasteiger partial charge in [-0.1, -0.05) is 26.0 Å². The summed E-state index contributed by atoms with van der Waals surface area (Å²) >= 11 is 0. The summed E-state index contributed by atoms with van der Waals surface area (Å²) in [6, 6.07) is 1.74. The van der Waals surface area contributed by atoms with E-state index in [2.05, 4.69) is 42.7 Å². The maximum Gasteiger partial charge on any atom is 0.410 e. The number of fused-ring (bicyclic) bond motifs is 3. The monoisotopic (exact) mass is 578 g/mol. The number of carbonyl (C=O) groups excluding carboxylic acids is 1. The lowest BCUT2D eigenvalue weighted by Gasteiger charge is -2.42. The minimum Gasteiger partial charge on any atom is -0.443 e. The standard InChI is InChI=1S/C28H41F3N8O2/c1-18(2)23-14-33-39-25(13-24(35-26(23)39)32-17-28(29,30)31)34-19-11-20-7-8-21(12-19)38(20)27(40)41-22-15-37(16-22)10-6-5-9-36(3)4/h5-6,13-14,18-22,34H,7-12,15-17H2,1-4H3,(H,32,35)/b6-5+. The van der Waals surface area contributed by atoms with Crippen LogP contribution in [0, 0.1) is 0 Å². The van der Waals surface area contributed by atoms with Crippen LogP contribution in [0.3, 0.4) is 0 Å². The van der Waals surface area contributed by atoms with Crippen molar-refractivity contribution in [1.82, 2.24) is 29.3 Å². The number of nitrogens with zero attached hydrogens (tertiary/aromatic N) is 6. The van der Waals surface area contributed by atoms with Crippen molar-refractivity contribution >= 4 is 23.4 Å². The highest BCUT2D eigenvalue weighted by molar-refractivity contribution is 5.70. The molecule has 41 heavy (non-hydrogen) atoms. The molecule has 226 valence electrons. The van der Waals surface area contributed by atoms with E-state index in [9.17, 15) is 18.0 Å².